The number of hydrogen-bond donors (Lipinski definition) is 1. The Kier molecular flexibility index (Phi) is 3.85. The Morgan fingerprint density at radius 1 is 1.50 bits per heavy atom. The minimum atomic E-state index is 0.163. The lowest BCUT2D eigenvalue weighted by molar-refractivity contribution is 0.375. The third-order valence-electron chi connectivity index (χ3n) is 2.88. The van der Waals surface area contributed by atoms with Gasteiger partial charge in [0.05, 0.1) is 0 Å². The smallest absolute Gasteiger partial charge is 0.0403 e. The Balaban J connectivity index is 2.08. The lowest BCUT2D eigenvalue weighted by Gasteiger charge is -2.27. The molecule has 72 valence electrons. The summed E-state index contributed by atoms with van der Waals surface area (Å²) in [6.07, 6.45) is 5.35. The summed E-state index contributed by atoms with van der Waals surface area (Å²) in [5, 5.41) is 3.53. The van der Waals surface area contributed by atoms with Gasteiger partial charge in [-0.2, -0.15) is 0 Å². The lowest BCUT2D eigenvalue weighted by Crippen LogP contribution is -2.44. The molecule has 0 bridgehead atoms. The third-order valence-corrected chi connectivity index (χ3v) is 3.47. The number of halogens is 1. The van der Waals surface area contributed by atoms with Crippen LogP contribution >= 0.6 is 11.6 Å². The van der Waals surface area contributed by atoms with Crippen molar-refractivity contribution in [3.8, 4) is 0 Å². The third kappa shape index (κ3) is 3.32. The van der Waals surface area contributed by atoms with Crippen LogP contribution in [0.2, 0.25) is 0 Å². The van der Waals surface area contributed by atoms with E-state index in [1.165, 1.54) is 19.3 Å². The zero-order chi connectivity index (χ0) is 9.03. The van der Waals surface area contributed by atoms with Crippen molar-refractivity contribution >= 4 is 11.6 Å². The highest BCUT2D eigenvalue weighted by Gasteiger charge is 2.23. The van der Waals surface area contributed by atoms with Crippen LogP contribution in [0, 0.1) is 5.92 Å². The molecule has 1 unspecified atom stereocenters. The molecule has 1 N–H and O–H groups in total. The molecule has 2 heteroatoms. The Hall–Kier alpha value is 0.250. The van der Waals surface area contributed by atoms with Gasteiger partial charge in [-0.3, -0.25) is 0 Å². The van der Waals surface area contributed by atoms with E-state index in [0.29, 0.717) is 5.88 Å². The second kappa shape index (κ2) is 4.48. The van der Waals surface area contributed by atoms with Crippen molar-refractivity contribution < 1.29 is 0 Å². The zero-order valence-electron chi connectivity index (χ0n) is 8.20. The van der Waals surface area contributed by atoms with E-state index in [4.69, 9.17) is 11.6 Å². The van der Waals surface area contributed by atoms with Crippen molar-refractivity contribution in [2.45, 2.75) is 45.1 Å². The Morgan fingerprint density at radius 2 is 2.17 bits per heavy atom. The molecule has 1 nitrogen and oxygen atoms in total. The molecular formula is C10H20ClN. The van der Waals surface area contributed by atoms with E-state index in [2.05, 4.69) is 19.2 Å². The first-order valence-corrected chi connectivity index (χ1v) is 5.54. The maximum absolute atomic E-state index is 5.88. The Labute approximate surface area is 80.9 Å². The fraction of sp³-hybridized carbons (Fsp3) is 1.00. The fourth-order valence-corrected chi connectivity index (χ4v) is 1.53. The van der Waals surface area contributed by atoms with Crippen LogP contribution in [0.4, 0.5) is 0 Å². The highest BCUT2D eigenvalue weighted by molar-refractivity contribution is 6.18. The molecule has 1 fully saturated rings. The van der Waals surface area contributed by atoms with Crippen molar-refractivity contribution in [3.05, 3.63) is 0 Å². The van der Waals surface area contributed by atoms with Crippen molar-refractivity contribution in [2.24, 2.45) is 5.92 Å². The predicted octanol–water partition coefficient (Wildman–Crippen LogP) is 2.78. The van der Waals surface area contributed by atoms with Gasteiger partial charge in [0.25, 0.3) is 0 Å². The lowest BCUT2D eigenvalue weighted by atomic mass is 10.0. The van der Waals surface area contributed by atoms with Crippen LogP contribution in [0.3, 0.4) is 0 Å². The molecule has 0 aromatic carbocycles. The van der Waals surface area contributed by atoms with Gasteiger partial charge in [-0.05, 0) is 32.2 Å². The molecule has 1 rings (SSSR count). The molecule has 1 atom stereocenters. The maximum atomic E-state index is 5.88. The Morgan fingerprint density at radius 3 is 2.58 bits per heavy atom. The molecule has 0 heterocycles. The van der Waals surface area contributed by atoms with E-state index in [0.717, 1.165) is 18.9 Å². The SMILES string of the molecule is CCC(C)(CCl)NCCC1CC1. The first kappa shape index (κ1) is 10.3. The van der Waals surface area contributed by atoms with E-state index >= 15 is 0 Å². The number of hydrogen-bond acceptors (Lipinski definition) is 1. The predicted molar refractivity (Wildman–Crippen MR) is 54.8 cm³/mol. The van der Waals surface area contributed by atoms with Crippen LogP contribution in [0.5, 0.6) is 0 Å². The van der Waals surface area contributed by atoms with E-state index in [1.54, 1.807) is 0 Å². The molecule has 1 saturated carbocycles. The van der Waals surface area contributed by atoms with Gasteiger partial charge in [-0.1, -0.05) is 19.8 Å². The summed E-state index contributed by atoms with van der Waals surface area (Å²) in [4.78, 5) is 0. The van der Waals surface area contributed by atoms with Gasteiger partial charge in [0.1, 0.15) is 0 Å². The molecule has 1 aliphatic carbocycles. The van der Waals surface area contributed by atoms with Crippen LogP contribution in [0.15, 0.2) is 0 Å². The Bertz CT molecular complexity index is 128. The van der Waals surface area contributed by atoms with Crippen molar-refractivity contribution in [1.82, 2.24) is 5.32 Å². The van der Waals surface area contributed by atoms with Gasteiger partial charge in [0.2, 0.25) is 0 Å². The number of nitrogens with one attached hydrogen (secondary N) is 1. The molecule has 0 aliphatic heterocycles. The van der Waals surface area contributed by atoms with Gasteiger partial charge in [-0.15, -0.1) is 11.6 Å². The topological polar surface area (TPSA) is 12.0 Å². The number of rotatable bonds is 6. The second-order valence-electron chi connectivity index (χ2n) is 4.21. The quantitative estimate of drug-likeness (QED) is 0.634. The maximum Gasteiger partial charge on any atom is 0.0403 e. The summed E-state index contributed by atoms with van der Waals surface area (Å²) >= 11 is 5.88. The molecular weight excluding hydrogens is 170 g/mol. The minimum absolute atomic E-state index is 0.163. The fourth-order valence-electron chi connectivity index (χ4n) is 1.25. The van der Waals surface area contributed by atoms with Crippen LogP contribution in [-0.2, 0) is 0 Å². The molecule has 0 aromatic heterocycles. The zero-order valence-corrected chi connectivity index (χ0v) is 8.95. The summed E-state index contributed by atoms with van der Waals surface area (Å²) in [6.45, 7) is 5.53. The van der Waals surface area contributed by atoms with Crippen LogP contribution in [0.1, 0.15) is 39.5 Å². The molecule has 0 aromatic rings. The van der Waals surface area contributed by atoms with Gasteiger partial charge in [0, 0.05) is 11.4 Å². The van der Waals surface area contributed by atoms with Crippen molar-refractivity contribution in [1.29, 1.82) is 0 Å². The van der Waals surface area contributed by atoms with Crippen LogP contribution < -0.4 is 5.32 Å². The average Bonchev–Trinajstić information content (AvgIpc) is 2.88. The van der Waals surface area contributed by atoms with Crippen LogP contribution in [0.25, 0.3) is 0 Å². The molecule has 0 radical (unpaired) electrons. The summed E-state index contributed by atoms with van der Waals surface area (Å²) in [5.74, 6) is 1.74. The summed E-state index contributed by atoms with van der Waals surface area (Å²) in [5.41, 5.74) is 0.163. The molecule has 12 heavy (non-hydrogen) atoms. The van der Waals surface area contributed by atoms with Crippen molar-refractivity contribution in [2.75, 3.05) is 12.4 Å². The minimum Gasteiger partial charge on any atom is -0.310 e. The normalized spacial score (nSPS) is 22.2. The van der Waals surface area contributed by atoms with Crippen LogP contribution in [-0.4, -0.2) is 18.0 Å². The highest BCUT2D eigenvalue weighted by atomic mass is 35.5. The van der Waals surface area contributed by atoms with Gasteiger partial charge in [-0.25, -0.2) is 0 Å². The van der Waals surface area contributed by atoms with E-state index in [-0.39, 0.29) is 5.54 Å². The monoisotopic (exact) mass is 189 g/mol. The van der Waals surface area contributed by atoms with Gasteiger partial charge < -0.3 is 5.32 Å². The first-order valence-electron chi connectivity index (χ1n) is 5.01. The van der Waals surface area contributed by atoms with E-state index in [1.807, 2.05) is 0 Å². The van der Waals surface area contributed by atoms with E-state index in [9.17, 15) is 0 Å². The highest BCUT2D eigenvalue weighted by Crippen LogP contribution is 2.31. The van der Waals surface area contributed by atoms with E-state index < -0.39 is 0 Å². The van der Waals surface area contributed by atoms with Gasteiger partial charge >= 0.3 is 0 Å². The molecule has 0 amide bonds. The standard InChI is InChI=1S/C10H20ClN/c1-3-10(2,8-11)12-7-6-9-4-5-9/h9,12H,3-8H2,1-2H3. The molecule has 1 aliphatic rings. The second-order valence-corrected chi connectivity index (χ2v) is 4.47. The number of alkyl halides is 1. The van der Waals surface area contributed by atoms with Gasteiger partial charge in [0.15, 0.2) is 0 Å². The van der Waals surface area contributed by atoms with Crippen molar-refractivity contribution in [3.63, 3.8) is 0 Å². The largest absolute Gasteiger partial charge is 0.310 e. The summed E-state index contributed by atoms with van der Waals surface area (Å²) in [7, 11) is 0. The molecule has 0 saturated heterocycles. The summed E-state index contributed by atoms with van der Waals surface area (Å²) < 4.78 is 0. The first-order chi connectivity index (χ1) is 5.70. The summed E-state index contributed by atoms with van der Waals surface area (Å²) in [6, 6.07) is 0. The molecule has 0 spiro atoms. The average molecular weight is 190 g/mol.